The Bertz CT molecular complexity index is 773. The average Bonchev–Trinajstić information content (AvgIpc) is 2.94. The predicted molar refractivity (Wildman–Crippen MR) is 112 cm³/mol. The van der Waals surface area contributed by atoms with Crippen LogP contribution in [0.5, 0.6) is 0 Å². The van der Waals surface area contributed by atoms with Gasteiger partial charge in [-0.05, 0) is 64.1 Å². The van der Waals surface area contributed by atoms with Gasteiger partial charge in [0.15, 0.2) is 5.82 Å². The van der Waals surface area contributed by atoms with Crippen LogP contribution >= 0.6 is 0 Å². The summed E-state index contributed by atoms with van der Waals surface area (Å²) < 4.78 is 7.45. The fourth-order valence-corrected chi connectivity index (χ4v) is 4.75. The van der Waals surface area contributed by atoms with Crippen LogP contribution in [0.2, 0.25) is 0 Å². The van der Waals surface area contributed by atoms with Crippen LogP contribution in [0.25, 0.3) is 0 Å². The summed E-state index contributed by atoms with van der Waals surface area (Å²) in [7, 11) is 3.85. The third-order valence-corrected chi connectivity index (χ3v) is 5.71. The van der Waals surface area contributed by atoms with Crippen LogP contribution in [0.3, 0.4) is 0 Å². The molecule has 0 amide bonds. The standard InChI is InChI=1S/C22H34N4O/c1-15-13-16(2)20(17(3)14-15)26-11-6-7-19-21(25(4)24-22(19)26)18(8-10-23)9-12-27-5/h13-14,18H,6-12,23H2,1-5H3. The summed E-state index contributed by atoms with van der Waals surface area (Å²) in [5, 5.41) is 4.99. The van der Waals surface area contributed by atoms with Crippen molar-refractivity contribution in [3.05, 3.63) is 40.1 Å². The Morgan fingerprint density at radius 3 is 2.52 bits per heavy atom. The van der Waals surface area contributed by atoms with Crippen LogP contribution in [-0.4, -0.2) is 36.6 Å². The highest BCUT2D eigenvalue weighted by atomic mass is 16.5. The summed E-state index contributed by atoms with van der Waals surface area (Å²) in [6.07, 6.45) is 4.20. The molecule has 5 nitrogen and oxygen atoms in total. The zero-order chi connectivity index (χ0) is 19.6. The number of hydrogen-bond acceptors (Lipinski definition) is 4. The van der Waals surface area contributed by atoms with Crippen LogP contribution in [0.15, 0.2) is 12.1 Å². The molecule has 2 N–H and O–H groups in total. The maximum atomic E-state index is 5.92. The molecule has 0 bridgehead atoms. The second-order valence-electron chi connectivity index (χ2n) is 7.87. The van der Waals surface area contributed by atoms with Gasteiger partial charge in [-0.25, -0.2) is 0 Å². The van der Waals surface area contributed by atoms with Gasteiger partial charge in [-0.3, -0.25) is 4.68 Å². The molecule has 1 aliphatic heterocycles. The van der Waals surface area contributed by atoms with E-state index in [0.29, 0.717) is 12.5 Å². The zero-order valence-corrected chi connectivity index (χ0v) is 17.5. The molecule has 3 rings (SSSR count). The SMILES string of the molecule is COCCC(CCN)c1c2c(nn1C)N(c1c(C)cc(C)cc1C)CCC2. The Kier molecular flexibility index (Phi) is 6.22. The smallest absolute Gasteiger partial charge is 0.158 e. The van der Waals surface area contributed by atoms with Crippen LogP contribution in [0, 0.1) is 20.8 Å². The molecule has 27 heavy (non-hydrogen) atoms. The summed E-state index contributed by atoms with van der Waals surface area (Å²) in [4.78, 5) is 2.43. The number of hydrogen-bond donors (Lipinski definition) is 1. The van der Waals surface area contributed by atoms with Crippen LogP contribution in [0.1, 0.15) is 53.1 Å². The fourth-order valence-electron chi connectivity index (χ4n) is 4.75. The number of rotatable bonds is 7. The number of benzene rings is 1. The summed E-state index contributed by atoms with van der Waals surface area (Å²) in [6, 6.07) is 4.55. The molecule has 148 valence electrons. The first-order chi connectivity index (χ1) is 13.0. The molecule has 0 fully saturated rings. The number of anilines is 2. The minimum absolute atomic E-state index is 0.399. The average molecular weight is 371 g/mol. The summed E-state index contributed by atoms with van der Waals surface area (Å²) in [5.74, 6) is 1.53. The zero-order valence-electron chi connectivity index (χ0n) is 17.5. The molecular weight excluding hydrogens is 336 g/mol. The summed E-state index contributed by atoms with van der Waals surface area (Å²) in [6.45, 7) is 9.05. The lowest BCUT2D eigenvalue weighted by Crippen LogP contribution is -2.26. The molecule has 1 aromatic heterocycles. The fraction of sp³-hybridized carbons (Fsp3) is 0.591. The quantitative estimate of drug-likeness (QED) is 0.803. The molecule has 1 aromatic carbocycles. The molecule has 2 heterocycles. The lowest BCUT2D eigenvalue weighted by molar-refractivity contribution is 0.185. The Morgan fingerprint density at radius 2 is 1.89 bits per heavy atom. The number of nitrogens with two attached hydrogens (primary N) is 1. The van der Waals surface area contributed by atoms with E-state index in [1.165, 1.54) is 33.6 Å². The number of ether oxygens (including phenoxy) is 1. The topological polar surface area (TPSA) is 56.3 Å². The van der Waals surface area contributed by atoms with E-state index in [0.717, 1.165) is 44.7 Å². The highest BCUT2D eigenvalue weighted by Gasteiger charge is 2.30. The lowest BCUT2D eigenvalue weighted by Gasteiger charge is -2.31. The van der Waals surface area contributed by atoms with Crippen molar-refractivity contribution in [3.63, 3.8) is 0 Å². The van der Waals surface area contributed by atoms with E-state index >= 15 is 0 Å². The molecular formula is C22H34N4O. The minimum atomic E-state index is 0.399. The monoisotopic (exact) mass is 370 g/mol. The normalized spacial score (nSPS) is 15.1. The number of fused-ring (bicyclic) bond motifs is 1. The first kappa shape index (κ1) is 19.9. The molecule has 2 aromatic rings. The number of nitrogens with zero attached hydrogens (tertiary/aromatic N) is 3. The first-order valence-electron chi connectivity index (χ1n) is 10.1. The van der Waals surface area contributed by atoms with Crippen LogP contribution in [-0.2, 0) is 18.2 Å². The molecule has 0 saturated carbocycles. The van der Waals surface area contributed by atoms with Gasteiger partial charge < -0.3 is 15.4 Å². The third kappa shape index (κ3) is 3.90. The van der Waals surface area contributed by atoms with Gasteiger partial charge in [-0.1, -0.05) is 17.7 Å². The van der Waals surface area contributed by atoms with E-state index in [1.54, 1.807) is 7.11 Å². The molecule has 0 radical (unpaired) electrons. The largest absolute Gasteiger partial charge is 0.385 e. The summed E-state index contributed by atoms with van der Waals surface area (Å²) in [5.41, 5.74) is 14.0. The van der Waals surface area contributed by atoms with Crippen molar-refractivity contribution >= 4 is 11.5 Å². The van der Waals surface area contributed by atoms with Gasteiger partial charge >= 0.3 is 0 Å². The van der Waals surface area contributed by atoms with Crippen molar-refractivity contribution in [1.29, 1.82) is 0 Å². The van der Waals surface area contributed by atoms with Crippen molar-refractivity contribution in [2.45, 2.75) is 52.4 Å². The van der Waals surface area contributed by atoms with E-state index in [2.05, 4.69) is 49.5 Å². The first-order valence-corrected chi connectivity index (χ1v) is 10.1. The van der Waals surface area contributed by atoms with E-state index in [-0.39, 0.29) is 0 Å². The lowest BCUT2D eigenvalue weighted by atomic mass is 9.91. The molecule has 0 saturated heterocycles. The Balaban J connectivity index is 2.05. The number of aryl methyl sites for hydroxylation is 4. The van der Waals surface area contributed by atoms with E-state index in [4.69, 9.17) is 15.6 Å². The van der Waals surface area contributed by atoms with Gasteiger partial charge in [0.1, 0.15) is 0 Å². The van der Waals surface area contributed by atoms with Crippen LogP contribution < -0.4 is 10.6 Å². The van der Waals surface area contributed by atoms with Gasteiger partial charge in [0.05, 0.1) is 0 Å². The molecule has 5 heteroatoms. The molecule has 1 unspecified atom stereocenters. The maximum absolute atomic E-state index is 5.92. The Morgan fingerprint density at radius 1 is 1.19 bits per heavy atom. The van der Waals surface area contributed by atoms with Crippen LogP contribution in [0.4, 0.5) is 11.5 Å². The van der Waals surface area contributed by atoms with Crippen molar-refractivity contribution < 1.29 is 4.74 Å². The van der Waals surface area contributed by atoms with Gasteiger partial charge in [0.25, 0.3) is 0 Å². The van der Waals surface area contributed by atoms with E-state index in [1.807, 2.05) is 0 Å². The predicted octanol–water partition coefficient (Wildman–Crippen LogP) is 3.90. The second kappa shape index (κ2) is 8.44. The molecule has 0 spiro atoms. The number of aromatic nitrogens is 2. The second-order valence-corrected chi connectivity index (χ2v) is 7.87. The maximum Gasteiger partial charge on any atom is 0.158 e. The Hall–Kier alpha value is -1.85. The summed E-state index contributed by atoms with van der Waals surface area (Å²) >= 11 is 0. The van der Waals surface area contributed by atoms with Crippen molar-refractivity contribution in [1.82, 2.24) is 9.78 Å². The highest BCUT2D eigenvalue weighted by Crippen LogP contribution is 2.40. The molecule has 1 aliphatic rings. The van der Waals surface area contributed by atoms with Crippen molar-refractivity contribution in [2.24, 2.45) is 12.8 Å². The van der Waals surface area contributed by atoms with E-state index < -0.39 is 0 Å². The van der Waals surface area contributed by atoms with Crippen molar-refractivity contribution in [3.8, 4) is 0 Å². The third-order valence-electron chi connectivity index (χ3n) is 5.71. The van der Waals surface area contributed by atoms with Gasteiger partial charge in [0.2, 0.25) is 0 Å². The number of methoxy groups -OCH3 is 1. The van der Waals surface area contributed by atoms with Gasteiger partial charge in [0, 0.05) is 50.2 Å². The van der Waals surface area contributed by atoms with E-state index in [9.17, 15) is 0 Å². The highest BCUT2D eigenvalue weighted by molar-refractivity contribution is 5.71. The molecule has 0 aliphatic carbocycles. The van der Waals surface area contributed by atoms with Gasteiger partial charge in [-0.15, -0.1) is 0 Å². The van der Waals surface area contributed by atoms with Gasteiger partial charge in [-0.2, -0.15) is 5.10 Å². The molecule has 1 atom stereocenters. The Labute approximate surface area is 163 Å². The minimum Gasteiger partial charge on any atom is -0.385 e. The van der Waals surface area contributed by atoms with Crippen molar-refractivity contribution in [2.75, 3.05) is 31.7 Å².